The molecule has 26 heavy (non-hydrogen) atoms. The number of carbonyl (C=O) groups excluding carboxylic acids is 3. The van der Waals surface area contributed by atoms with Gasteiger partial charge in [-0.05, 0) is 42.8 Å². The van der Waals surface area contributed by atoms with E-state index in [2.05, 4.69) is 5.32 Å². The molecule has 1 N–H and O–H groups in total. The molecule has 6 nitrogen and oxygen atoms in total. The Morgan fingerprint density at radius 3 is 2.46 bits per heavy atom. The molecule has 0 saturated carbocycles. The lowest BCUT2D eigenvalue weighted by Gasteiger charge is -2.23. The summed E-state index contributed by atoms with van der Waals surface area (Å²) in [6.07, 6.45) is 0. The highest BCUT2D eigenvalue weighted by atomic mass is 35.5. The highest BCUT2D eigenvalue weighted by Gasteiger charge is 2.19. The van der Waals surface area contributed by atoms with Crippen molar-refractivity contribution in [2.45, 2.75) is 13.8 Å². The molecule has 0 radical (unpaired) electrons. The van der Waals surface area contributed by atoms with Gasteiger partial charge in [-0.15, -0.1) is 0 Å². The summed E-state index contributed by atoms with van der Waals surface area (Å²) in [7, 11) is 1.27. The average Bonchev–Trinajstić information content (AvgIpc) is 2.60. The zero-order valence-corrected chi connectivity index (χ0v) is 15.5. The Hall–Kier alpha value is -2.86. The fraction of sp³-hybridized carbons (Fsp3) is 0.211. The number of rotatable bonds is 5. The van der Waals surface area contributed by atoms with Crippen LogP contribution in [0.1, 0.15) is 22.8 Å². The van der Waals surface area contributed by atoms with E-state index in [4.69, 9.17) is 16.3 Å². The van der Waals surface area contributed by atoms with E-state index in [1.165, 1.54) is 18.9 Å². The van der Waals surface area contributed by atoms with Crippen molar-refractivity contribution in [2.75, 3.05) is 23.9 Å². The number of para-hydroxylation sites is 1. The zero-order chi connectivity index (χ0) is 19.3. The number of anilines is 2. The van der Waals surface area contributed by atoms with Crippen LogP contribution in [-0.2, 0) is 14.3 Å². The topological polar surface area (TPSA) is 75.7 Å². The second-order valence-electron chi connectivity index (χ2n) is 5.62. The Morgan fingerprint density at radius 1 is 1.15 bits per heavy atom. The maximum Gasteiger partial charge on any atom is 0.339 e. The molecule has 0 fully saturated rings. The quantitative estimate of drug-likeness (QED) is 0.813. The van der Waals surface area contributed by atoms with Crippen LogP contribution >= 0.6 is 11.6 Å². The summed E-state index contributed by atoms with van der Waals surface area (Å²) < 4.78 is 4.71. The number of esters is 1. The van der Waals surface area contributed by atoms with Gasteiger partial charge < -0.3 is 15.0 Å². The molecule has 0 bridgehead atoms. The van der Waals surface area contributed by atoms with Crippen LogP contribution in [0.15, 0.2) is 42.5 Å². The van der Waals surface area contributed by atoms with Crippen LogP contribution in [-0.4, -0.2) is 31.4 Å². The van der Waals surface area contributed by atoms with Crippen LogP contribution in [0.5, 0.6) is 0 Å². The minimum Gasteiger partial charge on any atom is -0.465 e. The molecule has 0 unspecified atom stereocenters. The van der Waals surface area contributed by atoms with Crippen molar-refractivity contribution in [2.24, 2.45) is 0 Å². The third-order valence-electron chi connectivity index (χ3n) is 3.74. The maximum atomic E-state index is 12.5. The van der Waals surface area contributed by atoms with Gasteiger partial charge in [-0.2, -0.15) is 0 Å². The van der Waals surface area contributed by atoms with Crippen LogP contribution in [0.4, 0.5) is 11.4 Å². The Bertz CT molecular complexity index is 851. The van der Waals surface area contributed by atoms with Crippen LogP contribution in [0, 0.1) is 6.92 Å². The zero-order valence-electron chi connectivity index (χ0n) is 14.7. The van der Waals surface area contributed by atoms with E-state index in [1.807, 2.05) is 6.92 Å². The normalized spacial score (nSPS) is 10.2. The van der Waals surface area contributed by atoms with Gasteiger partial charge in [0.25, 0.3) is 0 Å². The summed E-state index contributed by atoms with van der Waals surface area (Å²) >= 11 is 5.95. The van der Waals surface area contributed by atoms with Gasteiger partial charge in [0.05, 0.1) is 18.4 Å². The Morgan fingerprint density at radius 2 is 1.85 bits per heavy atom. The van der Waals surface area contributed by atoms with E-state index in [1.54, 1.807) is 42.5 Å². The van der Waals surface area contributed by atoms with E-state index in [0.29, 0.717) is 16.4 Å². The monoisotopic (exact) mass is 374 g/mol. The molecule has 2 amide bonds. The van der Waals surface area contributed by atoms with Crippen molar-refractivity contribution < 1.29 is 19.1 Å². The lowest BCUT2D eigenvalue weighted by molar-refractivity contribution is -0.120. The van der Waals surface area contributed by atoms with Crippen LogP contribution in [0.3, 0.4) is 0 Å². The molecule has 2 aromatic rings. The van der Waals surface area contributed by atoms with Gasteiger partial charge in [0, 0.05) is 17.6 Å². The molecule has 0 atom stereocenters. The van der Waals surface area contributed by atoms with Gasteiger partial charge in [-0.3, -0.25) is 9.59 Å². The summed E-state index contributed by atoms with van der Waals surface area (Å²) in [5.41, 5.74) is 1.93. The second-order valence-corrected chi connectivity index (χ2v) is 6.06. The largest absolute Gasteiger partial charge is 0.465 e. The lowest BCUT2D eigenvalue weighted by Crippen LogP contribution is -2.37. The van der Waals surface area contributed by atoms with Crippen molar-refractivity contribution >= 4 is 40.8 Å². The molecule has 2 rings (SSSR count). The first-order valence-corrected chi connectivity index (χ1v) is 8.22. The van der Waals surface area contributed by atoms with E-state index in [-0.39, 0.29) is 18.0 Å². The number of aryl methyl sites for hydroxylation is 1. The fourth-order valence-corrected chi connectivity index (χ4v) is 2.73. The summed E-state index contributed by atoms with van der Waals surface area (Å²) in [4.78, 5) is 37.6. The predicted molar refractivity (Wildman–Crippen MR) is 101 cm³/mol. The second kappa shape index (κ2) is 8.49. The average molecular weight is 375 g/mol. The summed E-state index contributed by atoms with van der Waals surface area (Å²) in [6, 6.07) is 11.6. The van der Waals surface area contributed by atoms with Crippen LogP contribution in [0.2, 0.25) is 5.02 Å². The number of ether oxygens (including phenoxy) is 1. The van der Waals surface area contributed by atoms with Gasteiger partial charge in [0.2, 0.25) is 11.8 Å². The predicted octanol–water partition coefficient (Wildman–Crippen LogP) is 3.43. The summed E-state index contributed by atoms with van der Waals surface area (Å²) in [5.74, 6) is -1.28. The van der Waals surface area contributed by atoms with Gasteiger partial charge in [0.15, 0.2) is 0 Å². The standard InChI is InChI=1S/C19H19ClN2O4/c1-12-10-14(20)8-9-17(12)22(13(2)23)11-18(24)21-16-7-5-4-6-15(16)19(25)26-3/h4-10H,11H2,1-3H3,(H,21,24). The van der Waals surface area contributed by atoms with Crippen molar-refractivity contribution in [3.05, 3.63) is 58.6 Å². The number of methoxy groups -OCH3 is 1. The van der Waals surface area contributed by atoms with Crippen molar-refractivity contribution in [1.29, 1.82) is 0 Å². The number of hydrogen-bond donors (Lipinski definition) is 1. The number of nitrogens with zero attached hydrogens (tertiary/aromatic N) is 1. The van der Waals surface area contributed by atoms with E-state index in [9.17, 15) is 14.4 Å². The summed E-state index contributed by atoms with van der Waals surface area (Å²) in [5, 5.41) is 3.20. The van der Waals surface area contributed by atoms with E-state index < -0.39 is 11.9 Å². The molecule has 136 valence electrons. The van der Waals surface area contributed by atoms with Gasteiger partial charge in [0.1, 0.15) is 6.54 Å². The highest BCUT2D eigenvalue weighted by Crippen LogP contribution is 2.24. The molecule has 0 saturated heterocycles. The SMILES string of the molecule is COC(=O)c1ccccc1NC(=O)CN(C(C)=O)c1ccc(Cl)cc1C. The van der Waals surface area contributed by atoms with Gasteiger partial charge in [-0.25, -0.2) is 4.79 Å². The first-order valence-electron chi connectivity index (χ1n) is 7.85. The maximum absolute atomic E-state index is 12.5. The van der Waals surface area contributed by atoms with Crippen molar-refractivity contribution in [3.63, 3.8) is 0 Å². The number of halogens is 1. The number of benzene rings is 2. The van der Waals surface area contributed by atoms with Crippen LogP contribution in [0.25, 0.3) is 0 Å². The van der Waals surface area contributed by atoms with Gasteiger partial charge >= 0.3 is 5.97 Å². The molecule has 0 aromatic heterocycles. The molecule has 0 aliphatic heterocycles. The minimum absolute atomic E-state index is 0.201. The molecule has 0 spiro atoms. The Kier molecular flexibility index (Phi) is 6.36. The molecule has 2 aromatic carbocycles. The van der Waals surface area contributed by atoms with E-state index in [0.717, 1.165) is 5.56 Å². The first-order chi connectivity index (χ1) is 12.3. The molecular weight excluding hydrogens is 356 g/mol. The smallest absolute Gasteiger partial charge is 0.339 e. The number of hydrogen-bond acceptors (Lipinski definition) is 4. The van der Waals surface area contributed by atoms with Crippen molar-refractivity contribution in [3.8, 4) is 0 Å². The van der Waals surface area contributed by atoms with Crippen molar-refractivity contribution in [1.82, 2.24) is 0 Å². The lowest BCUT2D eigenvalue weighted by atomic mass is 10.1. The summed E-state index contributed by atoms with van der Waals surface area (Å²) in [6.45, 7) is 2.98. The number of nitrogens with one attached hydrogen (secondary N) is 1. The molecule has 0 aliphatic carbocycles. The van der Waals surface area contributed by atoms with Crippen LogP contribution < -0.4 is 10.2 Å². The molecule has 0 heterocycles. The first kappa shape index (κ1) is 19.5. The third kappa shape index (κ3) is 4.61. The fourth-order valence-electron chi connectivity index (χ4n) is 2.50. The Labute approximate surface area is 156 Å². The third-order valence-corrected chi connectivity index (χ3v) is 3.97. The van der Waals surface area contributed by atoms with Gasteiger partial charge in [-0.1, -0.05) is 23.7 Å². The molecule has 0 aliphatic rings. The number of carbonyl (C=O) groups is 3. The minimum atomic E-state index is -0.558. The Balaban J connectivity index is 2.22. The number of amides is 2. The molecular formula is C19H19ClN2O4. The highest BCUT2D eigenvalue weighted by molar-refractivity contribution is 6.30. The molecule has 7 heteroatoms. The van der Waals surface area contributed by atoms with E-state index >= 15 is 0 Å².